The monoisotopic (exact) mass is 321 g/mol. The Bertz CT molecular complexity index is 626. The zero-order chi connectivity index (χ0) is 14.7. The molecule has 0 N–H and O–H groups in total. The first-order chi connectivity index (χ1) is 10.3. The van der Waals surface area contributed by atoms with Crippen LogP contribution >= 0.6 is 23.4 Å². The van der Waals surface area contributed by atoms with Crippen LogP contribution in [0.25, 0.3) is 0 Å². The second-order valence-electron chi connectivity index (χ2n) is 5.16. The highest BCUT2D eigenvalue weighted by Crippen LogP contribution is 2.34. The second-order valence-corrected chi connectivity index (χ2v) is 6.59. The molecule has 0 aliphatic carbocycles. The normalized spacial score (nSPS) is 14.7. The lowest BCUT2D eigenvalue weighted by Gasteiger charge is -2.21. The van der Waals surface area contributed by atoms with Gasteiger partial charge in [-0.25, -0.2) is 4.39 Å². The molecule has 1 saturated heterocycles. The van der Waals surface area contributed by atoms with Crippen molar-refractivity contribution in [2.24, 2.45) is 0 Å². The van der Waals surface area contributed by atoms with Crippen molar-refractivity contribution in [1.82, 2.24) is 0 Å². The molecule has 1 fully saturated rings. The average molecular weight is 322 g/mol. The SMILES string of the molecule is Fc1c(Cl)cccc1CSc1ccccc1N1CCCC1. The first-order valence-corrected chi connectivity index (χ1v) is 8.52. The molecule has 2 aromatic carbocycles. The smallest absolute Gasteiger partial charge is 0.145 e. The van der Waals surface area contributed by atoms with Crippen molar-refractivity contribution in [2.45, 2.75) is 23.5 Å². The Labute approximate surface area is 134 Å². The van der Waals surface area contributed by atoms with Gasteiger partial charge in [0, 0.05) is 23.7 Å². The lowest BCUT2D eigenvalue weighted by molar-refractivity contribution is 0.618. The molecule has 4 heteroatoms. The second kappa shape index (κ2) is 6.71. The number of hydrogen-bond acceptors (Lipinski definition) is 2. The minimum Gasteiger partial charge on any atom is -0.371 e. The van der Waals surface area contributed by atoms with E-state index in [4.69, 9.17) is 11.6 Å². The minimum absolute atomic E-state index is 0.195. The molecule has 1 nitrogen and oxygen atoms in total. The number of thioether (sulfide) groups is 1. The van der Waals surface area contributed by atoms with E-state index in [9.17, 15) is 4.39 Å². The molecule has 0 aromatic heterocycles. The maximum Gasteiger partial charge on any atom is 0.145 e. The summed E-state index contributed by atoms with van der Waals surface area (Å²) in [6, 6.07) is 13.6. The van der Waals surface area contributed by atoms with Crippen molar-refractivity contribution in [3.63, 3.8) is 0 Å². The molecule has 1 aliphatic rings. The Morgan fingerprint density at radius 3 is 2.62 bits per heavy atom. The van der Waals surface area contributed by atoms with Gasteiger partial charge in [-0.2, -0.15) is 0 Å². The van der Waals surface area contributed by atoms with Crippen molar-refractivity contribution in [3.8, 4) is 0 Å². The van der Waals surface area contributed by atoms with Gasteiger partial charge < -0.3 is 4.90 Å². The summed E-state index contributed by atoms with van der Waals surface area (Å²) in [6.07, 6.45) is 2.50. The number of rotatable bonds is 4. The standard InChI is InChI=1S/C17H17ClFNS/c18-14-7-5-6-13(17(14)19)12-21-16-9-2-1-8-15(16)20-10-3-4-11-20/h1-2,5-9H,3-4,10-12H2. The average Bonchev–Trinajstić information content (AvgIpc) is 3.03. The number of halogens is 2. The molecular formula is C17H17ClFNS. The van der Waals surface area contributed by atoms with Crippen LogP contribution in [0.5, 0.6) is 0 Å². The Balaban J connectivity index is 1.77. The fourth-order valence-corrected chi connectivity index (χ4v) is 3.86. The van der Waals surface area contributed by atoms with Crippen molar-refractivity contribution < 1.29 is 4.39 Å². The molecule has 0 unspecified atom stereocenters. The van der Waals surface area contributed by atoms with Crippen LogP contribution in [0.15, 0.2) is 47.4 Å². The van der Waals surface area contributed by atoms with Crippen molar-refractivity contribution >= 4 is 29.1 Å². The number of anilines is 1. The van der Waals surface area contributed by atoms with E-state index >= 15 is 0 Å². The highest BCUT2D eigenvalue weighted by Gasteiger charge is 2.16. The van der Waals surface area contributed by atoms with Gasteiger partial charge in [0.25, 0.3) is 0 Å². The molecule has 1 heterocycles. The summed E-state index contributed by atoms with van der Waals surface area (Å²) in [5, 5.41) is 0.195. The Morgan fingerprint density at radius 2 is 1.81 bits per heavy atom. The van der Waals surface area contributed by atoms with E-state index in [0.29, 0.717) is 11.3 Å². The van der Waals surface area contributed by atoms with Crippen molar-refractivity contribution in [2.75, 3.05) is 18.0 Å². The lowest BCUT2D eigenvalue weighted by atomic mass is 10.2. The molecule has 0 radical (unpaired) electrons. The maximum absolute atomic E-state index is 14.0. The fourth-order valence-electron chi connectivity index (χ4n) is 2.61. The number of para-hydroxylation sites is 1. The van der Waals surface area contributed by atoms with E-state index in [2.05, 4.69) is 23.1 Å². The summed E-state index contributed by atoms with van der Waals surface area (Å²) in [6.45, 7) is 2.23. The fraction of sp³-hybridized carbons (Fsp3) is 0.294. The summed E-state index contributed by atoms with van der Waals surface area (Å²) in [5.41, 5.74) is 1.92. The van der Waals surface area contributed by atoms with Crippen LogP contribution in [-0.4, -0.2) is 13.1 Å². The van der Waals surface area contributed by atoms with Crippen LogP contribution in [0.3, 0.4) is 0 Å². The summed E-state index contributed by atoms with van der Waals surface area (Å²) in [5.74, 6) is 0.294. The molecule has 0 spiro atoms. The highest BCUT2D eigenvalue weighted by atomic mass is 35.5. The van der Waals surface area contributed by atoms with Gasteiger partial charge in [-0.3, -0.25) is 0 Å². The third kappa shape index (κ3) is 3.35. The van der Waals surface area contributed by atoms with E-state index in [-0.39, 0.29) is 10.8 Å². The summed E-state index contributed by atoms with van der Waals surface area (Å²) >= 11 is 7.51. The van der Waals surface area contributed by atoms with Gasteiger partial charge in [-0.15, -0.1) is 11.8 Å². The molecule has 3 rings (SSSR count). The van der Waals surface area contributed by atoms with Gasteiger partial charge in [-0.05, 0) is 36.6 Å². The van der Waals surface area contributed by atoms with Crippen LogP contribution < -0.4 is 4.90 Å². The topological polar surface area (TPSA) is 3.24 Å². The van der Waals surface area contributed by atoms with Crippen LogP contribution in [0.1, 0.15) is 18.4 Å². The summed E-state index contributed by atoms with van der Waals surface area (Å²) in [4.78, 5) is 3.62. The molecule has 110 valence electrons. The first kappa shape index (κ1) is 14.7. The Hall–Kier alpha value is -1.19. The van der Waals surface area contributed by atoms with Gasteiger partial charge in [-0.1, -0.05) is 35.9 Å². The molecule has 0 bridgehead atoms. The van der Waals surface area contributed by atoms with Gasteiger partial charge in [0.15, 0.2) is 0 Å². The van der Waals surface area contributed by atoms with Crippen LogP contribution in [0.4, 0.5) is 10.1 Å². The van der Waals surface area contributed by atoms with E-state index in [1.54, 1.807) is 30.0 Å². The predicted molar refractivity (Wildman–Crippen MR) is 88.9 cm³/mol. The van der Waals surface area contributed by atoms with Crippen LogP contribution in [0, 0.1) is 5.82 Å². The molecule has 0 atom stereocenters. The third-order valence-corrected chi connectivity index (χ3v) is 5.13. The largest absolute Gasteiger partial charge is 0.371 e. The lowest BCUT2D eigenvalue weighted by Crippen LogP contribution is -2.18. The van der Waals surface area contributed by atoms with E-state index < -0.39 is 0 Å². The van der Waals surface area contributed by atoms with Crippen molar-refractivity contribution in [3.05, 3.63) is 58.9 Å². The zero-order valence-electron chi connectivity index (χ0n) is 11.7. The molecule has 1 aliphatic heterocycles. The van der Waals surface area contributed by atoms with Crippen LogP contribution in [-0.2, 0) is 5.75 Å². The Kier molecular flexibility index (Phi) is 4.71. The molecular weight excluding hydrogens is 305 g/mol. The van der Waals surface area contributed by atoms with E-state index in [0.717, 1.165) is 13.1 Å². The number of hydrogen-bond donors (Lipinski definition) is 0. The molecule has 0 saturated carbocycles. The number of nitrogens with zero attached hydrogens (tertiary/aromatic N) is 1. The quantitative estimate of drug-likeness (QED) is 0.696. The summed E-state index contributed by atoms with van der Waals surface area (Å²) < 4.78 is 14.0. The maximum atomic E-state index is 14.0. The first-order valence-electron chi connectivity index (χ1n) is 7.15. The summed E-state index contributed by atoms with van der Waals surface area (Å²) in [7, 11) is 0. The number of benzene rings is 2. The highest BCUT2D eigenvalue weighted by molar-refractivity contribution is 7.98. The predicted octanol–water partition coefficient (Wildman–Crippen LogP) is 5.37. The van der Waals surface area contributed by atoms with Gasteiger partial charge >= 0.3 is 0 Å². The van der Waals surface area contributed by atoms with E-state index in [1.165, 1.54) is 23.4 Å². The van der Waals surface area contributed by atoms with E-state index in [1.807, 2.05) is 6.07 Å². The van der Waals surface area contributed by atoms with Gasteiger partial charge in [0.2, 0.25) is 0 Å². The van der Waals surface area contributed by atoms with Gasteiger partial charge in [0.05, 0.1) is 10.7 Å². The zero-order valence-corrected chi connectivity index (χ0v) is 13.3. The van der Waals surface area contributed by atoms with Crippen LogP contribution in [0.2, 0.25) is 5.02 Å². The minimum atomic E-state index is -0.301. The Morgan fingerprint density at radius 1 is 1.05 bits per heavy atom. The molecule has 21 heavy (non-hydrogen) atoms. The molecule has 0 amide bonds. The van der Waals surface area contributed by atoms with Crippen molar-refractivity contribution in [1.29, 1.82) is 0 Å². The third-order valence-electron chi connectivity index (χ3n) is 3.73. The van der Waals surface area contributed by atoms with Gasteiger partial charge in [0.1, 0.15) is 5.82 Å². The molecule has 2 aromatic rings.